The predicted molar refractivity (Wildman–Crippen MR) is 41.7 cm³/mol. The molecule has 0 amide bonds. The van der Waals surface area contributed by atoms with Crippen LogP contribution in [0.15, 0.2) is 0 Å². The minimum atomic E-state index is 0.147. The lowest BCUT2D eigenvalue weighted by atomic mass is 9.79. The summed E-state index contributed by atoms with van der Waals surface area (Å²) < 4.78 is 0. The Hall–Kier alpha value is -0.840. The Bertz CT molecular complexity index is 171. The van der Waals surface area contributed by atoms with Gasteiger partial charge in [0.25, 0.3) is 0 Å². The van der Waals surface area contributed by atoms with Gasteiger partial charge in [0.2, 0.25) is 0 Å². The number of hydrogen-bond donors (Lipinski definition) is 0. The highest BCUT2D eigenvalue weighted by molar-refractivity contribution is 5.49. The van der Waals surface area contributed by atoms with Gasteiger partial charge in [0, 0.05) is 12.3 Å². The monoisotopic (exact) mass is 151 g/mol. The Morgan fingerprint density at radius 2 is 2.18 bits per heavy atom. The third-order valence-corrected chi connectivity index (χ3v) is 2.47. The van der Waals surface area contributed by atoms with Gasteiger partial charge in [-0.1, -0.05) is 12.8 Å². The normalized spacial score (nSPS) is 30.8. The highest BCUT2D eigenvalue weighted by atomic mass is 16.1. The molecule has 1 aliphatic carbocycles. The molecule has 0 aliphatic heterocycles. The lowest BCUT2D eigenvalue weighted by Crippen LogP contribution is -2.18. The van der Waals surface area contributed by atoms with E-state index in [-0.39, 0.29) is 5.92 Å². The zero-order chi connectivity index (χ0) is 8.10. The van der Waals surface area contributed by atoms with E-state index in [9.17, 15) is 4.79 Å². The number of carbonyl (C=O) groups excluding carboxylic acids is 1. The number of aldehydes is 1. The van der Waals surface area contributed by atoms with Crippen molar-refractivity contribution in [2.75, 3.05) is 0 Å². The minimum Gasteiger partial charge on any atom is -0.303 e. The maximum atomic E-state index is 10.2. The van der Waals surface area contributed by atoms with Gasteiger partial charge in [-0.2, -0.15) is 5.26 Å². The van der Waals surface area contributed by atoms with Crippen LogP contribution >= 0.6 is 0 Å². The molecule has 60 valence electrons. The molecule has 0 aromatic carbocycles. The molecule has 1 aliphatic rings. The van der Waals surface area contributed by atoms with Crippen LogP contribution in [0.1, 0.15) is 32.1 Å². The zero-order valence-corrected chi connectivity index (χ0v) is 6.62. The van der Waals surface area contributed by atoms with Crippen LogP contribution in [0.4, 0.5) is 0 Å². The van der Waals surface area contributed by atoms with Crippen LogP contribution in [-0.4, -0.2) is 6.29 Å². The van der Waals surface area contributed by atoms with Crippen molar-refractivity contribution in [3.8, 4) is 6.07 Å². The summed E-state index contributed by atoms with van der Waals surface area (Å²) in [6.45, 7) is 0. The Kier molecular flexibility index (Phi) is 3.10. The summed E-state index contributed by atoms with van der Waals surface area (Å²) in [7, 11) is 0. The molecule has 0 bridgehead atoms. The van der Waals surface area contributed by atoms with Crippen LogP contribution in [0, 0.1) is 23.2 Å². The van der Waals surface area contributed by atoms with Gasteiger partial charge in [-0.3, -0.25) is 0 Å². The second-order valence-electron chi connectivity index (χ2n) is 3.18. The molecule has 1 fully saturated rings. The molecule has 0 spiro atoms. The van der Waals surface area contributed by atoms with Gasteiger partial charge in [-0.15, -0.1) is 0 Å². The Labute approximate surface area is 67.2 Å². The fourth-order valence-electron chi connectivity index (χ4n) is 1.78. The predicted octanol–water partition coefficient (Wildman–Crippen LogP) is 1.91. The molecular weight excluding hydrogens is 138 g/mol. The van der Waals surface area contributed by atoms with Gasteiger partial charge >= 0.3 is 0 Å². The van der Waals surface area contributed by atoms with Crippen molar-refractivity contribution in [3.63, 3.8) is 0 Å². The van der Waals surface area contributed by atoms with Crippen molar-refractivity contribution in [3.05, 3.63) is 0 Å². The first-order valence-electron chi connectivity index (χ1n) is 4.21. The molecule has 1 rings (SSSR count). The van der Waals surface area contributed by atoms with Gasteiger partial charge in [0.1, 0.15) is 6.29 Å². The summed E-state index contributed by atoms with van der Waals surface area (Å²) in [6, 6.07) is 2.28. The lowest BCUT2D eigenvalue weighted by molar-refractivity contribution is -0.109. The average molecular weight is 151 g/mol. The molecule has 2 heteroatoms. The zero-order valence-electron chi connectivity index (χ0n) is 6.62. The Morgan fingerprint density at radius 3 is 2.82 bits per heavy atom. The van der Waals surface area contributed by atoms with E-state index in [0.717, 1.165) is 25.5 Å². The highest BCUT2D eigenvalue weighted by Gasteiger charge is 2.23. The number of hydrogen-bond acceptors (Lipinski definition) is 2. The molecule has 0 N–H and O–H groups in total. The minimum absolute atomic E-state index is 0.147. The SMILES string of the molecule is N#CC1CCCCC1CC=O. The third-order valence-electron chi connectivity index (χ3n) is 2.47. The second kappa shape index (κ2) is 4.12. The molecule has 2 nitrogen and oxygen atoms in total. The third kappa shape index (κ3) is 2.04. The van der Waals surface area contributed by atoms with Gasteiger partial charge in [-0.25, -0.2) is 0 Å². The smallest absolute Gasteiger partial charge is 0.120 e. The molecule has 0 radical (unpaired) electrons. The van der Waals surface area contributed by atoms with E-state index in [4.69, 9.17) is 5.26 Å². The number of nitriles is 1. The van der Waals surface area contributed by atoms with Gasteiger partial charge in [0.05, 0.1) is 6.07 Å². The first kappa shape index (κ1) is 8.26. The van der Waals surface area contributed by atoms with Gasteiger partial charge in [-0.05, 0) is 18.8 Å². The van der Waals surface area contributed by atoms with Crippen LogP contribution in [0.5, 0.6) is 0 Å². The molecule has 1 saturated carbocycles. The van der Waals surface area contributed by atoms with Crippen molar-refractivity contribution in [2.45, 2.75) is 32.1 Å². The van der Waals surface area contributed by atoms with E-state index >= 15 is 0 Å². The molecular formula is C9H13NO. The van der Waals surface area contributed by atoms with Crippen molar-refractivity contribution in [1.82, 2.24) is 0 Å². The first-order valence-corrected chi connectivity index (χ1v) is 4.21. The highest BCUT2D eigenvalue weighted by Crippen LogP contribution is 2.30. The van der Waals surface area contributed by atoms with Crippen molar-refractivity contribution < 1.29 is 4.79 Å². The quantitative estimate of drug-likeness (QED) is 0.565. The topological polar surface area (TPSA) is 40.9 Å². The van der Waals surface area contributed by atoms with Crippen molar-refractivity contribution in [2.24, 2.45) is 11.8 Å². The maximum absolute atomic E-state index is 10.2. The maximum Gasteiger partial charge on any atom is 0.120 e. The summed E-state index contributed by atoms with van der Waals surface area (Å²) in [5.74, 6) is 0.500. The molecule has 2 unspecified atom stereocenters. The average Bonchev–Trinajstić information content (AvgIpc) is 2.06. The Morgan fingerprint density at radius 1 is 1.45 bits per heavy atom. The van der Waals surface area contributed by atoms with Gasteiger partial charge in [0.15, 0.2) is 0 Å². The lowest BCUT2D eigenvalue weighted by Gasteiger charge is -2.24. The van der Waals surface area contributed by atoms with Crippen LogP contribution in [-0.2, 0) is 4.79 Å². The van der Waals surface area contributed by atoms with Crippen LogP contribution < -0.4 is 0 Å². The second-order valence-corrected chi connectivity index (χ2v) is 3.18. The molecule has 0 saturated heterocycles. The summed E-state index contributed by atoms with van der Waals surface area (Å²) in [5, 5.41) is 8.72. The largest absolute Gasteiger partial charge is 0.303 e. The van der Waals surface area contributed by atoms with Gasteiger partial charge < -0.3 is 4.79 Å². The fourth-order valence-corrected chi connectivity index (χ4v) is 1.78. The number of carbonyl (C=O) groups is 1. The van der Waals surface area contributed by atoms with E-state index in [1.807, 2.05) is 0 Å². The summed E-state index contributed by atoms with van der Waals surface area (Å²) in [4.78, 5) is 10.2. The van der Waals surface area contributed by atoms with Crippen LogP contribution in [0.25, 0.3) is 0 Å². The molecule has 0 aromatic heterocycles. The Balaban J connectivity index is 2.45. The van der Waals surface area contributed by atoms with E-state index in [2.05, 4.69) is 6.07 Å². The summed E-state index contributed by atoms with van der Waals surface area (Å²) in [6.07, 6.45) is 5.94. The van der Waals surface area contributed by atoms with Crippen molar-refractivity contribution >= 4 is 6.29 Å². The number of rotatable bonds is 2. The first-order chi connectivity index (χ1) is 5.38. The fraction of sp³-hybridized carbons (Fsp3) is 0.778. The standard InChI is InChI=1S/C9H13NO/c10-7-9-4-2-1-3-8(9)5-6-11/h6,8-9H,1-5H2. The van der Waals surface area contributed by atoms with E-state index in [1.54, 1.807) is 0 Å². The number of nitrogens with zero attached hydrogens (tertiary/aromatic N) is 1. The van der Waals surface area contributed by atoms with Crippen molar-refractivity contribution in [1.29, 1.82) is 5.26 Å². The van der Waals surface area contributed by atoms with E-state index in [1.165, 1.54) is 6.42 Å². The summed E-state index contributed by atoms with van der Waals surface area (Å²) >= 11 is 0. The van der Waals surface area contributed by atoms with E-state index in [0.29, 0.717) is 12.3 Å². The molecule has 11 heavy (non-hydrogen) atoms. The molecule has 0 aromatic rings. The van der Waals surface area contributed by atoms with E-state index < -0.39 is 0 Å². The summed E-state index contributed by atoms with van der Waals surface area (Å²) in [5.41, 5.74) is 0. The van der Waals surface area contributed by atoms with Crippen LogP contribution in [0.3, 0.4) is 0 Å². The molecule has 2 atom stereocenters. The molecule has 0 heterocycles. The van der Waals surface area contributed by atoms with Crippen LogP contribution in [0.2, 0.25) is 0 Å².